The third-order valence-electron chi connectivity index (χ3n) is 9.91. The van der Waals surface area contributed by atoms with Crippen LogP contribution < -0.4 is 0 Å². The molecule has 1 aromatic heterocycles. The van der Waals surface area contributed by atoms with Gasteiger partial charge in [0.25, 0.3) is 0 Å². The number of benzene rings is 9. The molecule has 0 atom stereocenters. The monoisotopic (exact) mass is 614 g/mol. The van der Waals surface area contributed by atoms with Crippen LogP contribution >= 0.6 is 0 Å². The molecule has 0 saturated heterocycles. The largest absolute Gasteiger partial charge is 0.455 e. The van der Waals surface area contributed by atoms with E-state index in [0.29, 0.717) is 10.8 Å². The molecule has 10 aromatic rings. The summed E-state index contributed by atoms with van der Waals surface area (Å²) in [6.07, 6.45) is 0. The number of hydrogen-bond donors (Lipinski definition) is 0. The average molecular weight is 615 g/mol. The maximum Gasteiger partial charge on any atom is 0.143 e. The summed E-state index contributed by atoms with van der Waals surface area (Å²) in [4.78, 5) is 0. The molecule has 0 spiro atoms. The van der Waals surface area contributed by atoms with Gasteiger partial charge in [0.1, 0.15) is 17.0 Å². The zero-order valence-corrected chi connectivity index (χ0v) is 25.9. The lowest BCUT2D eigenvalue weighted by Crippen LogP contribution is -1.90. The van der Waals surface area contributed by atoms with E-state index in [-0.39, 0.29) is 5.82 Å². The third kappa shape index (κ3) is 3.84. The number of hydrogen-bond acceptors (Lipinski definition) is 1. The molecule has 0 bridgehead atoms. The van der Waals surface area contributed by atoms with E-state index in [4.69, 9.17) is 4.42 Å². The number of para-hydroxylation sites is 1. The molecule has 9 aromatic carbocycles. The Morgan fingerprint density at radius 2 is 0.792 bits per heavy atom. The topological polar surface area (TPSA) is 13.1 Å². The lowest BCUT2D eigenvalue weighted by atomic mass is 9.86. The molecule has 2 heteroatoms. The van der Waals surface area contributed by atoms with Crippen LogP contribution in [0.5, 0.6) is 0 Å². The first-order chi connectivity index (χ1) is 23.8. The van der Waals surface area contributed by atoms with E-state index < -0.39 is 0 Å². The van der Waals surface area contributed by atoms with Crippen LogP contribution in [0, 0.1) is 5.82 Å². The molecule has 10 rings (SSSR count). The van der Waals surface area contributed by atoms with Crippen molar-refractivity contribution in [3.63, 3.8) is 0 Å². The fourth-order valence-electron chi connectivity index (χ4n) is 7.87. The molecular formula is C46H27FO. The molecule has 0 amide bonds. The van der Waals surface area contributed by atoms with Crippen LogP contribution in [0.1, 0.15) is 0 Å². The average Bonchev–Trinajstić information content (AvgIpc) is 3.53. The van der Waals surface area contributed by atoms with Gasteiger partial charge >= 0.3 is 0 Å². The zero-order valence-electron chi connectivity index (χ0n) is 25.9. The Balaban J connectivity index is 1.26. The Kier molecular flexibility index (Phi) is 5.82. The Morgan fingerprint density at radius 3 is 1.35 bits per heavy atom. The lowest BCUT2D eigenvalue weighted by molar-refractivity contribution is 0.651. The zero-order chi connectivity index (χ0) is 31.8. The number of fused-ring (bicyclic) bond motifs is 7. The molecule has 224 valence electrons. The highest BCUT2D eigenvalue weighted by Crippen LogP contribution is 2.46. The van der Waals surface area contributed by atoms with Gasteiger partial charge in [0.15, 0.2) is 0 Å². The fourth-order valence-corrected chi connectivity index (χ4v) is 7.87. The summed E-state index contributed by atoms with van der Waals surface area (Å²) in [6.45, 7) is 0. The Hall–Kier alpha value is -6.25. The van der Waals surface area contributed by atoms with Crippen molar-refractivity contribution >= 4 is 65.0 Å². The fraction of sp³-hybridized carbons (Fsp3) is 0. The van der Waals surface area contributed by atoms with Gasteiger partial charge in [0.2, 0.25) is 0 Å². The van der Waals surface area contributed by atoms with Crippen LogP contribution in [0.15, 0.2) is 168 Å². The molecule has 0 saturated carbocycles. The van der Waals surface area contributed by atoms with E-state index >= 15 is 4.39 Å². The summed E-state index contributed by atoms with van der Waals surface area (Å²) in [5.74, 6) is -0.191. The minimum Gasteiger partial charge on any atom is -0.455 e. The van der Waals surface area contributed by atoms with E-state index in [0.717, 1.165) is 49.4 Å². The van der Waals surface area contributed by atoms with E-state index in [1.807, 2.05) is 48.5 Å². The van der Waals surface area contributed by atoms with Gasteiger partial charge in [-0.25, -0.2) is 4.39 Å². The van der Waals surface area contributed by atoms with E-state index in [9.17, 15) is 0 Å². The smallest absolute Gasteiger partial charge is 0.143 e. The van der Waals surface area contributed by atoms with Crippen molar-refractivity contribution in [1.29, 1.82) is 0 Å². The second kappa shape index (κ2) is 10.4. The van der Waals surface area contributed by atoms with Crippen LogP contribution in [0.2, 0.25) is 0 Å². The van der Waals surface area contributed by atoms with Crippen LogP contribution in [0.25, 0.3) is 98.4 Å². The first kappa shape index (κ1) is 26.9. The first-order valence-electron chi connectivity index (χ1n) is 16.3. The van der Waals surface area contributed by atoms with Gasteiger partial charge in [-0.05, 0) is 66.7 Å². The highest BCUT2D eigenvalue weighted by Gasteiger charge is 2.21. The summed E-state index contributed by atoms with van der Waals surface area (Å²) in [5.41, 5.74) is 8.39. The Labute approximate surface area is 276 Å². The molecule has 0 aliphatic heterocycles. The van der Waals surface area contributed by atoms with Crippen LogP contribution in [-0.4, -0.2) is 0 Å². The molecule has 0 radical (unpaired) electrons. The van der Waals surface area contributed by atoms with E-state index in [1.165, 1.54) is 38.2 Å². The first-order valence-corrected chi connectivity index (χ1v) is 16.3. The van der Waals surface area contributed by atoms with Crippen molar-refractivity contribution in [1.82, 2.24) is 0 Å². The van der Waals surface area contributed by atoms with E-state index in [1.54, 1.807) is 0 Å². The standard InChI is InChI=1S/C46H27FO/c47-45-36-21-10-8-19-34(36)44(35-20-9-11-22-37(35)45)39-24-12-23-38-40-27-29(25-26-41(40)48-46(38)39)43-32-17-6-4-15-30(32)42(28-13-2-1-3-14-28)31-16-5-7-18-33(31)43/h1-27H. The normalized spacial score (nSPS) is 11.9. The summed E-state index contributed by atoms with van der Waals surface area (Å²) in [6, 6.07) is 56.5. The molecule has 48 heavy (non-hydrogen) atoms. The van der Waals surface area contributed by atoms with Crippen molar-refractivity contribution in [3.05, 3.63) is 170 Å². The van der Waals surface area contributed by atoms with Crippen LogP contribution in [-0.2, 0) is 0 Å². The van der Waals surface area contributed by atoms with Gasteiger partial charge in [-0.15, -0.1) is 0 Å². The molecule has 1 nitrogen and oxygen atoms in total. The number of halogens is 1. The quantitative estimate of drug-likeness (QED) is 0.181. The van der Waals surface area contributed by atoms with Crippen molar-refractivity contribution in [2.24, 2.45) is 0 Å². The lowest BCUT2D eigenvalue weighted by Gasteiger charge is -2.17. The highest BCUT2D eigenvalue weighted by molar-refractivity contribution is 6.23. The Bertz CT molecular complexity index is 2780. The number of furan rings is 1. The SMILES string of the molecule is Fc1c2ccccc2c(-c2cccc3c2oc2ccc(-c4c5ccccc5c(-c5ccccc5)c5ccccc45)cc23)c2ccccc12. The third-order valence-corrected chi connectivity index (χ3v) is 9.91. The van der Waals surface area contributed by atoms with Gasteiger partial charge in [-0.2, -0.15) is 0 Å². The van der Waals surface area contributed by atoms with Crippen molar-refractivity contribution in [2.75, 3.05) is 0 Å². The minimum atomic E-state index is -0.191. The summed E-state index contributed by atoms with van der Waals surface area (Å²) in [5, 5.41) is 9.95. The molecule has 1 heterocycles. The minimum absolute atomic E-state index is 0.191. The summed E-state index contributed by atoms with van der Waals surface area (Å²) >= 11 is 0. The van der Waals surface area contributed by atoms with E-state index in [2.05, 4.69) is 115 Å². The van der Waals surface area contributed by atoms with Crippen molar-refractivity contribution in [2.45, 2.75) is 0 Å². The maximum absolute atomic E-state index is 15.8. The van der Waals surface area contributed by atoms with Crippen LogP contribution in [0.3, 0.4) is 0 Å². The molecule has 0 aliphatic carbocycles. The molecular weight excluding hydrogens is 588 g/mol. The van der Waals surface area contributed by atoms with Gasteiger partial charge in [-0.1, -0.05) is 152 Å². The maximum atomic E-state index is 15.8. The summed E-state index contributed by atoms with van der Waals surface area (Å²) in [7, 11) is 0. The highest BCUT2D eigenvalue weighted by atomic mass is 19.1. The van der Waals surface area contributed by atoms with Crippen molar-refractivity contribution in [3.8, 4) is 33.4 Å². The van der Waals surface area contributed by atoms with Gasteiger partial charge < -0.3 is 4.42 Å². The van der Waals surface area contributed by atoms with Gasteiger partial charge in [0.05, 0.1) is 0 Å². The molecule has 0 unspecified atom stereocenters. The van der Waals surface area contributed by atoms with Gasteiger partial charge in [0, 0.05) is 32.7 Å². The predicted molar refractivity (Wildman–Crippen MR) is 200 cm³/mol. The summed E-state index contributed by atoms with van der Waals surface area (Å²) < 4.78 is 22.5. The van der Waals surface area contributed by atoms with Gasteiger partial charge in [-0.3, -0.25) is 0 Å². The second-order valence-corrected chi connectivity index (χ2v) is 12.5. The molecule has 0 fully saturated rings. The molecule has 0 aliphatic rings. The van der Waals surface area contributed by atoms with Crippen molar-refractivity contribution < 1.29 is 8.81 Å². The van der Waals surface area contributed by atoms with Crippen LogP contribution in [0.4, 0.5) is 4.39 Å². The number of rotatable bonds is 3. The predicted octanol–water partition coefficient (Wildman–Crippen LogP) is 13.3. The molecule has 0 N–H and O–H groups in total. The second-order valence-electron chi connectivity index (χ2n) is 12.5. The Morgan fingerprint density at radius 1 is 0.333 bits per heavy atom.